The van der Waals surface area contributed by atoms with E-state index in [0.29, 0.717) is 5.95 Å². The standard InChI is InChI=1S/C50H31N5/c1-4-16-32(17-5-1)47-49-48(39-30-33-18-10-11-19-34(33)31-44(39)54(49)36-22-8-3-9-23-36)52-50(51-47)55-41-27-15-13-25-38(41)46-43(55)29-28-42-45(46)37-24-12-14-26-40(37)53(42)35-20-6-2-7-21-35/h1-31H. The molecule has 0 atom stereocenters. The lowest BCUT2D eigenvalue weighted by Gasteiger charge is -2.13. The minimum Gasteiger partial charge on any atom is -0.309 e. The summed E-state index contributed by atoms with van der Waals surface area (Å²) in [7, 11) is 0. The molecule has 12 rings (SSSR count). The van der Waals surface area contributed by atoms with E-state index in [2.05, 4.69) is 202 Å². The zero-order chi connectivity index (χ0) is 36.0. The smallest absolute Gasteiger partial charge is 0.235 e. The quantitative estimate of drug-likeness (QED) is 0.183. The Morgan fingerprint density at radius 1 is 0.345 bits per heavy atom. The molecule has 256 valence electrons. The van der Waals surface area contributed by atoms with Crippen molar-refractivity contribution in [2.45, 2.75) is 0 Å². The third kappa shape index (κ3) is 4.29. The van der Waals surface area contributed by atoms with Gasteiger partial charge in [-0.1, -0.05) is 127 Å². The van der Waals surface area contributed by atoms with Crippen molar-refractivity contribution >= 4 is 76.3 Å². The lowest BCUT2D eigenvalue weighted by Crippen LogP contribution is -2.05. The monoisotopic (exact) mass is 701 g/mol. The van der Waals surface area contributed by atoms with Gasteiger partial charge >= 0.3 is 0 Å². The maximum Gasteiger partial charge on any atom is 0.235 e. The van der Waals surface area contributed by atoms with E-state index in [4.69, 9.17) is 9.97 Å². The van der Waals surface area contributed by atoms with Gasteiger partial charge in [-0.2, -0.15) is 0 Å². The van der Waals surface area contributed by atoms with Gasteiger partial charge in [0.05, 0.1) is 33.1 Å². The molecule has 0 amide bonds. The molecule has 4 aromatic heterocycles. The van der Waals surface area contributed by atoms with E-state index in [1.807, 2.05) is 0 Å². The lowest BCUT2D eigenvalue weighted by molar-refractivity contribution is 1.01. The van der Waals surface area contributed by atoms with Gasteiger partial charge in [-0.25, -0.2) is 9.97 Å². The van der Waals surface area contributed by atoms with Gasteiger partial charge in [0.1, 0.15) is 11.2 Å². The predicted molar refractivity (Wildman–Crippen MR) is 228 cm³/mol. The Morgan fingerprint density at radius 2 is 0.855 bits per heavy atom. The molecule has 0 unspecified atom stereocenters. The van der Waals surface area contributed by atoms with Crippen molar-refractivity contribution in [3.63, 3.8) is 0 Å². The Hall–Kier alpha value is -7.50. The van der Waals surface area contributed by atoms with E-state index >= 15 is 0 Å². The van der Waals surface area contributed by atoms with Gasteiger partial charge in [0.25, 0.3) is 0 Å². The van der Waals surface area contributed by atoms with Crippen molar-refractivity contribution in [2.75, 3.05) is 0 Å². The van der Waals surface area contributed by atoms with Crippen LogP contribution < -0.4 is 0 Å². The highest BCUT2D eigenvalue weighted by Gasteiger charge is 2.25. The summed E-state index contributed by atoms with van der Waals surface area (Å²) < 4.78 is 7.00. The highest BCUT2D eigenvalue weighted by atomic mass is 15.2. The molecule has 0 N–H and O–H groups in total. The Bertz CT molecular complexity index is 3470. The first-order chi connectivity index (χ1) is 27.3. The van der Waals surface area contributed by atoms with Crippen LogP contribution in [0, 0.1) is 0 Å². The summed E-state index contributed by atoms with van der Waals surface area (Å²) >= 11 is 0. The predicted octanol–water partition coefficient (Wildman–Crippen LogP) is 12.6. The van der Waals surface area contributed by atoms with E-state index in [0.717, 1.165) is 55.6 Å². The molecule has 0 spiro atoms. The minimum atomic E-state index is 0.643. The molecule has 12 aromatic rings. The highest BCUT2D eigenvalue weighted by Crippen LogP contribution is 2.44. The van der Waals surface area contributed by atoms with Crippen LogP contribution in [-0.4, -0.2) is 23.7 Å². The first-order valence-corrected chi connectivity index (χ1v) is 18.7. The summed E-state index contributed by atoms with van der Waals surface area (Å²) in [6.45, 7) is 0. The number of hydrogen-bond donors (Lipinski definition) is 0. The molecular weight excluding hydrogens is 671 g/mol. The second-order valence-electron chi connectivity index (χ2n) is 14.2. The summed E-state index contributed by atoms with van der Waals surface area (Å²) in [5, 5.41) is 8.26. The molecule has 55 heavy (non-hydrogen) atoms. The molecule has 0 saturated carbocycles. The van der Waals surface area contributed by atoms with Gasteiger partial charge in [-0.05, 0) is 71.4 Å². The van der Waals surface area contributed by atoms with Crippen molar-refractivity contribution in [3.05, 3.63) is 188 Å². The molecule has 0 bridgehead atoms. The second kappa shape index (κ2) is 11.5. The molecule has 4 heterocycles. The van der Waals surface area contributed by atoms with Crippen LogP contribution in [0.15, 0.2) is 188 Å². The van der Waals surface area contributed by atoms with Crippen molar-refractivity contribution in [2.24, 2.45) is 0 Å². The molecule has 5 heteroatoms. The second-order valence-corrected chi connectivity index (χ2v) is 14.2. The Balaban J connectivity index is 1.25. The fourth-order valence-corrected chi connectivity index (χ4v) is 8.90. The van der Waals surface area contributed by atoms with Gasteiger partial charge in [0, 0.05) is 43.9 Å². The Labute approximate surface area is 315 Å². The maximum absolute atomic E-state index is 5.61. The Kier molecular flexibility index (Phi) is 6.27. The number of aromatic nitrogens is 5. The molecule has 0 fully saturated rings. The molecule has 0 radical (unpaired) electrons. The molecule has 5 nitrogen and oxygen atoms in total. The fraction of sp³-hybridized carbons (Fsp3) is 0. The van der Waals surface area contributed by atoms with Crippen molar-refractivity contribution in [1.29, 1.82) is 0 Å². The maximum atomic E-state index is 5.61. The summed E-state index contributed by atoms with van der Waals surface area (Å²) in [6.07, 6.45) is 0. The molecule has 8 aromatic carbocycles. The minimum absolute atomic E-state index is 0.643. The van der Waals surface area contributed by atoms with E-state index in [9.17, 15) is 0 Å². The van der Waals surface area contributed by atoms with Gasteiger partial charge < -0.3 is 9.13 Å². The SMILES string of the molecule is c1ccc(-c2nc(-n3c4ccccc4c4c5c6ccccc6n(-c6ccccc6)c5ccc43)nc3c4cc5ccccc5cc4n(-c4ccccc4)c23)cc1. The van der Waals surface area contributed by atoms with Gasteiger partial charge in [-0.15, -0.1) is 0 Å². The molecule has 0 aliphatic rings. The topological polar surface area (TPSA) is 40.6 Å². The van der Waals surface area contributed by atoms with Gasteiger partial charge in [0.15, 0.2) is 0 Å². The zero-order valence-corrected chi connectivity index (χ0v) is 29.6. The number of fused-ring (bicyclic) bond motifs is 11. The third-order valence-electron chi connectivity index (χ3n) is 11.2. The van der Waals surface area contributed by atoms with Crippen LogP contribution in [0.5, 0.6) is 0 Å². The first kappa shape index (κ1) is 30.0. The molecule has 0 aliphatic heterocycles. The van der Waals surface area contributed by atoms with E-state index in [-0.39, 0.29) is 0 Å². The van der Waals surface area contributed by atoms with Crippen molar-refractivity contribution < 1.29 is 0 Å². The van der Waals surface area contributed by atoms with Crippen LogP contribution >= 0.6 is 0 Å². The summed E-state index contributed by atoms with van der Waals surface area (Å²) in [5.41, 5.74) is 11.6. The van der Waals surface area contributed by atoms with E-state index < -0.39 is 0 Å². The van der Waals surface area contributed by atoms with Crippen LogP contribution in [0.25, 0.3) is 105 Å². The highest BCUT2D eigenvalue weighted by molar-refractivity contribution is 6.29. The van der Waals surface area contributed by atoms with E-state index in [1.54, 1.807) is 0 Å². The van der Waals surface area contributed by atoms with Crippen LogP contribution in [0.4, 0.5) is 0 Å². The number of nitrogens with zero attached hydrogens (tertiary/aromatic N) is 5. The summed E-state index contributed by atoms with van der Waals surface area (Å²) in [4.78, 5) is 11.2. The zero-order valence-electron chi connectivity index (χ0n) is 29.6. The third-order valence-corrected chi connectivity index (χ3v) is 11.2. The molecular formula is C50H31N5. The van der Waals surface area contributed by atoms with Crippen molar-refractivity contribution in [1.82, 2.24) is 23.7 Å². The molecule has 0 aliphatic carbocycles. The van der Waals surface area contributed by atoms with Crippen LogP contribution in [-0.2, 0) is 0 Å². The van der Waals surface area contributed by atoms with Crippen molar-refractivity contribution in [3.8, 4) is 28.6 Å². The normalized spacial score (nSPS) is 12.0. The number of hydrogen-bond acceptors (Lipinski definition) is 2. The largest absolute Gasteiger partial charge is 0.309 e. The average Bonchev–Trinajstić information content (AvgIpc) is 3.89. The van der Waals surface area contributed by atoms with Gasteiger partial charge in [0.2, 0.25) is 5.95 Å². The van der Waals surface area contributed by atoms with Crippen LogP contribution in [0.2, 0.25) is 0 Å². The van der Waals surface area contributed by atoms with Crippen LogP contribution in [0.1, 0.15) is 0 Å². The number of rotatable bonds is 4. The van der Waals surface area contributed by atoms with E-state index in [1.165, 1.54) is 43.4 Å². The van der Waals surface area contributed by atoms with Gasteiger partial charge in [-0.3, -0.25) is 4.57 Å². The molecule has 0 saturated heterocycles. The fourth-order valence-electron chi connectivity index (χ4n) is 8.90. The number of benzene rings is 8. The first-order valence-electron chi connectivity index (χ1n) is 18.7. The summed E-state index contributed by atoms with van der Waals surface area (Å²) in [5.74, 6) is 0.643. The van der Waals surface area contributed by atoms with Crippen LogP contribution in [0.3, 0.4) is 0 Å². The average molecular weight is 702 g/mol. The Morgan fingerprint density at radius 3 is 1.51 bits per heavy atom. The number of para-hydroxylation sites is 4. The summed E-state index contributed by atoms with van der Waals surface area (Å²) in [6, 6.07) is 66.9. The lowest BCUT2D eigenvalue weighted by atomic mass is 10.1.